The summed E-state index contributed by atoms with van der Waals surface area (Å²) >= 11 is 0. The van der Waals surface area contributed by atoms with Gasteiger partial charge in [-0.25, -0.2) is 19.3 Å². The molecular weight excluding hydrogens is 456 g/mol. The molecule has 10 nitrogen and oxygen atoms in total. The van der Waals surface area contributed by atoms with Gasteiger partial charge in [0.1, 0.15) is 23.6 Å². The van der Waals surface area contributed by atoms with Crippen LogP contribution in [0.15, 0.2) is 24.5 Å². The molecule has 0 spiro atoms. The number of imidazole rings is 1. The Hall–Kier alpha value is -3.85. The quantitative estimate of drug-likeness (QED) is 0.567. The highest BCUT2D eigenvalue weighted by molar-refractivity contribution is 5.78. The van der Waals surface area contributed by atoms with Crippen LogP contribution in [-0.4, -0.2) is 75.5 Å². The Morgan fingerprint density at radius 1 is 1.23 bits per heavy atom. The minimum Gasteiger partial charge on any atom is -0.363 e. The van der Waals surface area contributed by atoms with Gasteiger partial charge in [-0.2, -0.15) is 9.65 Å². The van der Waals surface area contributed by atoms with Crippen LogP contribution in [0, 0.1) is 23.0 Å². The average Bonchev–Trinajstić information content (AvgIpc) is 3.29. The molecule has 0 bridgehead atoms. The number of fused-ring (bicyclic) bond motifs is 1. The van der Waals surface area contributed by atoms with E-state index >= 15 is 4.39 Å². The molecule has 1 atom stereocenters. The van der Waals surface area contributed by atoms with Crippen molar-refractivity contribution in [3.8, 4) is 17.6 Å². The van der Waals surface area contributed by atoms with Gasteiger partial charge >= 0.3 is 0 Å². The van der Waals surface area contributed by atoms with Gasteiger partial charge in [0.2, 0.25) is 11.7 Å². The second-order valence-electron chi connectivity index (χ2n) is 8.65. The summed E-state index contributed by atoms with van der Waals surface area (Å²) < 4.78 is 31.2. The van der Waals surface area contributed by atoms with Crippen LogP contribution in [0.4, 0.5) is 20.4 Å². The van der Waals surface area contributed by atoms with E-state index in [4.69, 9.17) is 5.26 Å². The summed E-state index contributed by atoms with van der Waals surface area (Å²) in [5.41, 5.74) is 0.958. The van der Waals surface area contributed by atoms with Gasteiger partial charge in [-0.05, 0) is 25.0 Å². The number of likely N-dealkylation sites (tertiary alicyclic amines) is 1. The standard InChI is InChI=1S/C23H25F2N9O/c24-15-3-4-18-28-12-17(34(18)13-15)21-30-22(20(25)23(31-21)32-10-7-27-8-11-32)29-16-2-1-9-33(14-16)19(35)5-6-26/h3-4,12-13,16,27H,1-2,5,7-11,14H2,(H,29,30,31). The Labute approximate surface area is 200 Å². The van der Waals surface area contributed by atoms with Gasteiger partial charge < -0.3 is 20.4 Å². The van der Waals surface area contributed by atoms with E-state index in [0.717, 1.165) is 12.8 Å². The third-order valence-electron chi connectivity index (χ3n) is 6.29. The van der Waals surface area contributed by atoms with Crippen molar-refractivity contribution in [3.63, 3.8) is 0 Å². The molecule has 35 heavy (non-hydrogen) atoms. The lowest BCUT2D eigenvalue weighted by molar-refractivity contribution is -0.131. The fourth-order valence-corrected chi connectivity index (χ4v) is 4.55. The highest BCUT2D eigenvalue weighted by Crippen LogP contribution is 2.29. The molecule has 3 aromatic heterocycles. The van der Waals surface area contributed by atoms with Crippen molar-refractivity contribution >= 4 is 23.2 Å². The van der Waals surface area contributed by atoms with Gasteiger partial charge in [0.25, 0.3) is 0 Å². The van der Waals surface area contributed by atoms with E-state index in [1.165, 1.54) is 22.9 Å². The SMILES string of the molecule is N#CCC(=O)N1CCCC(Nc2nc(-c3cnc4ccc(F)cn34)nc(N3CCNCC3)c2F)C1. The van der Waals surface area contributed by atoms with E-state index in [1.807, 2.05) is 11.0 Å². The third-order valence-corrected chi connectivity index (χ3v) is 6.29. The summed E-state index contributed by atoms with van der Waals surface area (Å²) in [5, 5.41) is 15.3. The molecule has 1 unspecified atom stereocenters. The molecule has 0 aromatic carbocycles. The molecule has 0 saturated carbocycles. The van der Waals surface area contributed by atoms with Crippen molar-refractivity contribution < 1.29 is 13.6 Å². The van der Waals surface area contributed by atoms with Crippen molar-refractivity contribution in [2.75, 3.05) is 49.5 Å². The number of amides is 1. The summed E-state index contributed by atoms with van der Waals surface area (Å²) in [7, 11) is 0. The molecule has 1 amide bonds. The van der Waals surface area contributed by atoms with E-state index in [2.05, 4.69) is 25.6 Å². The topological polar surface area (TPSA) is 114 Å². The molecule has 0 aliphatic carbocycles. The first kappa shape index (κ1) is 22.9. The first-order valence-electron chi connectivity index (χ1n) is 11.6. The van der Waals surface area contributed by atoms with E-state index < -0.39 is 11.6 Å². The molecule has 2 fully saturated rings. The van der Waals surface area contributed by atoms with Crippen LogP contribution in [0.25, 0.3) is 17.2 Å². The number of carbonyl (C=O) groups excluding carboxylic acids is 1. The summed E-state index contributed by atoms with van der Waals surface area (Å²) in [6, 6.07) is 4.52. The zero-order valence-corrected chi connectivity index (χ0v) is 19.0. The average molecular weight is 482 g/mol. The highest BCUT2D eigenvalue weighted by Gasteiger charge is 2.27. The molecular formula is C23H25F2N9O. The number of anilines is 2. The van der Waals surface area contributed by atoms with E-state index in [9.17, 15) is 9.18 Å². The fraction of sp³-hybridized carbons (Fsp3) is 0.435. The van der Waals surface area contributed by atoms with E-state index in [0.29, 0.717) is 50.6 Å². The Morgan fingerprint density at radius 2 is 2.06 bits per heavy atom. The highest BCUT2D eigenvalue weighted by atomic mass is 19.1. The Kier molecular flexibility index (Phi) is 6.41. The van der Waals surface area contributed by atoms with Crippen molar-refractivity contribution in [1.82, 2.24) is 29.6 Å². The lowest BCUT2D eigenvalue weighted by Gasteiger charge is -2.34. The van der Waals surface area contributed by atoms with Crippen LogP contribution in [0.2, 0.25) is 0 Å². The number of nitrogens with one attached hydrogen (secondary N) is 2. The minimum atomic E-state index is -0.573. The molecule has 5 heterocycles. The molecule has 2 aliphatic heterocycles. The van der Waals surface area contributed by atoms with Crippen molar-refractivity contribution in [2.24, 2.45) is 0 Å². The fourth-order valence-electron chi connectivity index (χ4n) is 4.55. The van der Waals surface area contributed by atoms with Crippen LogP contribution in [-0.2, 0) is 4.79 Å². The molecule has 12 heteroatoms. The van der Waals surface area contributed by atoms with Gasteiger partial charge in [-0.1, -0.05) is 0 Å². The van der Waals surface area contributed by atoms with E-state index in [1.54, 1.807) is 11.0 Å². The number of piperidine rings is 1. The summed E-state index contributed by atoms with van der Waals surface area (Å²) in [5.74, 6) is -0.848. The Bertz CT molecular complexity index is 1280. The van der Waals surface area contributed by atoms with Crippen molar-refractivity contribution in [2.45, 2.75) is 25.3 Å². The number of nitrogens with zero attached hydrogens (tertiary/aromatic N) is 7. The van der Waals surface area contributed by atoms with Crippen LogP contribution in [0.5, 0.6) is 0 Å². The number of halogens is 2. The molecule has 182 valence electrons. The third kappa shape index (κ3) is 4.72. The van der Waals surface area contributed by atoms with Gasteiger partial charge in [0.05, 0.1) is 12.3 Å². The normalized spacial score (nSPS) is 18.5. The van der Waals surface area contributed by atoms with Crippen molar-refractivity contribution in [3.05, 3.63) is 36.2 Å². The summed E-state index contributed by atoms with van der Waals surface area (Å²) in [6.07, 6.45) is 4.10. The van der Waals surface area contributed by atoms with E-state index in [-0.39, 0.29) is 35.8 Å². The van der Waals surface area contributed by atoms with Gasteiger partial charge in [0.15, 0.2) is 17.5 Å². The maximum atomic E-state index is 15.7. The number of rotatable bonds is 5. The molecule has 5 rings (SSSR count). The van der Waals surface area contributed by atoms with Gasteiger partial charge in [-0.3, -0.25) is 9.20 Å². The molecule has 3 aromatic rings. The number of nitriles is 1. The van der Waals surface area contributed by atoms with Crippen LogP contribution >= 0.6 is 0 Å². The molecule has 2 saturated heterocycles. The second-order valence-corrected chi connectivity index (χ2v) is 8.65. The number of aromatic nitrogens is 4. The lowest BCUT2D eigenvalue weighted by Crippen LogP contribution is -2.46. The maximum Gasteiger partial charge on any atom is 0.236 e. The minimum absolute atomic E-state index is 0.0227. The summed E-state index contributed by atoms with van der Waals surface area (Å²) in [6.45, 7) is 3.46. The number of hydrogen-bond acceptors (Lipinski definition) is 8. The monoisotopic (exact) mass is 481 g/mol. The largest absolute Gasteiger partial charge is 0.363 e. The van der Waals surface area contributed by atoms with Crippen LogP contribution in [0.3, 0.4) is 0 Å². The number of carbonyl (C=O) groups is 1. The van der Waals surface area contributed by atoms with Gasteiger partial charge in [0, 0.05) is 51.5 Å². The predicted octanol–water partition coefficient (Wildman–Crippen LogP) is 1.80. The van der Waals surface area contributed by atoms with Crippen LogP contribution < -0.4 is 15.5 Å². The Balaban J connectivity index is 1.52. The first-order valence-corrected chi connectivity index (χ1v) is 11.6. The van der Waals surface area contributed by atoms with Gasteiger partial charge in [-0.15, -0.1) is 0 Å². The van der Waals surface area contributed by atoms with Crippen LogP contribution in [0.1, 0.15) is 19.3 Å². The first-order chi connectivity index (χ1) is 17.0. The number of hydrogen-bond donors (Lipinski definition) is 2. The lowest BCUT2D eigenvalue weighted by atomic mass is 10.1. The summed E-state index contributed by atoms with van der Waals surface area (Å²) in [4.78, 5) is 29.0. The predicted molar refractivity (Wildman–Crippen MR) is 125 cm³/mol. The smallest absolute Gasteiger partial charge is 0.236 e. The Morgan fingerprint density at radius 3 is 2.86 bits per heavy atom. The number of piperazine rings is 1. The molecule has 2 N–H and O–H groups in total. The maximum absolute atomic E-state index is 15.7. The molecule has 0 radical (unpaired) electrons. The van der Waals surface area contributed by atoms with Crippen molar-refractivity contribution in [1.29, 1.82) is 5.26 Å². The zero-order chi connectivity index (χ0) is 24.4. The number of pyridine rings is 1. The zero-order valence-electron chi connectivity index (χ0n) is 19.0. The second kappa shape index (κ2) is 9.79. The molecule has 2 aliphatic rings.